The number of hydrogen-bond acceptors (Lipinski definition) is 5. The zero-order valence-electron chi connectivity index (χ0n) is 15.8. The summed E-state index contributed by atoms with van der Waals surface area (Å²) in [4.78, 5) is 13.5. The zero-order valence-corrected chi connectivity index (χ0v) is 16.6. The highest BCUT2D eigenvalue weighted by Crippen LogP contribution is 2.18. The lowest BCUT2D eigenvalue weighted by atomic mass is 10.2. The molecule has 0 spiro atoms. The largest absolute Gasteiger partial charge is 0.444 e. The first-order valence-corrected chi connectivity index (χ1v) is 10.2. The van der Waals surface area contributed by atoms with Crippen LogP contribution in [0, 0.1) is 5.82 Å². The van der Waals surface area contributed by atoms with Crippen molar-refractivity contribution >= 4 is 21.8 Å². The van der Waals surface area contributed by atoms with Gasteiger partial charge in [-0.2, -0.15) is 4.31 Å². The Morgan fingerprint density at radius 3 is 2.33 bits per heavy atom. The van der Waals surface area contributed by atoms with Crippen molar-refractivity contribution in [2.24, 2.45) is 0 Å². The summed E-state index contributed by atoms with van der Waals surface area (Å²) in [6.45, 7) is 7.02. The van der Waals surface area contributed by atoms with Crippen molar-refractivity contribution in [2.45, 2.75) is 26.4 Å². The van der Waals surface area contributed by atoms with E-state index in [2.05, 4.69) is 5.32 Å². The molecule has 1 N–H and O–H groups in total. The van der Waals surface area contributed by atoms with E-state index in [-0.39, 0.29) is 12.4 Å². The standard InChI is InChI=1S/C18H26FN3O4S/c1-18(2,3)26-17(23)20-9-4-14-27(24,25)22-12-10-21(11-13-22)16-7-5-15(19)6-8-16/h4-8,14H,9-13H2,1-3H3,(H,20,23). The Morgan fingerprint density at radius 2 is 1.78 bits per heavy atom. The molecule has 1 heterocycles. The Hall–Kier alpha value is -2.13. The molecule has 1 aromatic rings. The van der Waals surface area contributed by atoms with Crippen LogP contribution in [0.15, 0.2) is 35.7 Å². The minimum atomic E-state index is -3.55. The maximum absolute atomic E-state index is 13.0. The number of hydrogen-bond donors (Lipinski definition) is 1. The van der Waals surface area contributed by atoms with E-state index < -0.39 is 21.7 Å². The molecule has 9 heteroatoms. The van der Waals surface area contributed by atoms with Crippen molar-refractivity contribution in [3.63, 3.8) is 0 Å². The number of nitrogens with zero attached hydrogens (tertiary/aromatic N) is 2. The van der Waals surface area contributed by atoms with E-state index >= 15 is 0 Å². The van der Waals surface area contributed by atoms with Gasteiger partial charge in [0.05, 0.1) is 0 Å². The lowest BCUT2D eigenvalue weighted by Crippen LogP contribution is -2.48. The quantitative estimate of drug-likeness (QED) is 0.822. The number of amides is 1. The van der Waals surface area contributed by atoms with Crippen molar-refractivity contribution in [3.05, 3.63) is 41.6 Å². The summed E-state index contributed by atoms with van der Waals surface area (Å²) in [5, 5.41) is 3.57. The lowest BCUT2D eigenvalue weighted by Gasteiger charge is -2.34. The van der Waals surface area contributed by atoms with Crippen LogP contribution in [0.1, 0.15) is 20.8 Å². The van der Waals surface area contributed by atoms with Crippen LogP contribution in [0.3, 0.4) is 0 Å². The summed E-state index contributed by atoms with van der Waals surface area (Å²) in [5.74, 6) is -0.301. The second-order valence-electron chi connectivity index (χ2n) is 7.16. The number of carbonyl (C=O) groups excluding carboxylic acids is 1. The molecule has 0 bridgehead atoms. The Morgan fingerprint density at radius 1 is 1.19 bits per heavy atom. The van der Waals surface area contributed by atoms with E-state index in [1.54, 1.807) is 32.9 Å². The Balaban J connectivity index is 1.82. The molecule has 1 fully saturated rings. The van der Waals surface area contributed by atoms with Crippen LogP contribution >= 0.6 is 0 Å². The number of benzene rings is 1. The normalized spacial score (nSPS) is 16.5. The average Bonchev–Trinajstić information content (AvgIpc) is 2.58. The maximum Gasteiger partial charge on any atom is 0.407 e. The molecule has 0 radical (unpaired) electrons. The number of anilines is 1. The number of piperazine rings is 1. The SMILES string of the molecule is CC(C)(C)OC(=O)NCC=CS(=O)(=O)N1CCN(c2ccc(F)cc2)CC1. The van der Waals surface area contributed by atoms with E-state index in [1.807, 2.05) is 4.90 Å². The van der Waals surface area contributed by atoms with E-state index in [0.717, 1.165) is 11.1 Å². The van der Waals surface area contributed by atoms with Crippen LogP contribution in [0.4, 0.5) is 14.9 Å². The third-order valence-electron chi connectivity index (χ3n) is 3.82. The fourth-order valence-corrected chi connectivity index (χ4v) is 3.75. The molecule has 150 valence electrons. The second-order valence-corrected chi connectivity index (χ2v) is 8.98. The molecule has 0 unspecified atom stereocenters. The van der Waals surface area contributed by atoms with E-state index in [1.165, 1.54) is 22.5 Å². The maximum atomic E-state index is 13.0. The smallest absolute Gasteiger partial charge is 0.407 e. The fourth-order valence-electron chi connectivity index (χ4n) is 2.56. The Kier molecular flexibility index (Phi) is 6.83. The average molecular weight is 399 g/mol. The van der Waals surface area contributed by atoms with Crippen LogP contribution in [-0.4, -0.2) is 57.1 Å². The molecule has 0 atom stereocenters. The number of ether oxygens (including phenoxy) is 1. The van der Waals surface area contributed by atoms with Crippen molar-refractivity contribution < 1.29 is 22.3 Å². The number of rotatable bonds is 5. The molecule has 2 rings (SSSR count). The molecule has 7 nitrogen and oxygen atoms in total. The van der Waals surface area contributed by atoms with Gasteiger partial charge in [-0.25, -0.2) is 17.6 Å². The van der Waals surface area contributed by atoms with Gasteiger partial charge in [0.25, 0.3) is 0 Å². The summed E-state index contributed by atoms with van der Waals surface area (Å²) < 4.78 is 44.2. The van der Waals surface area contributed by atoms with Gasteiger partial charge in [-0.15, -0.1) is 0 Å². The monoisotopic (exact) mass is 399 g/mol. The van der Waals surface area contributed by atoms with Gasteiger partial charge in [0.1, 0.15) is 11.4 Å². The molecule has 0 saturated carbocycles. The highest BCUT2D eigenvalue weighted by Gasteiger charge is 2.25. The molecule has 1 aliphatic heterocycles. The summed E-state index contributed by atoms with van der Waals surface area (Å²) in [6.07, 6.45) is 0.781. The second kappa shape index (κ2) is 8.71. The van der Waals surface area contributed by atoms with Gasteiger partial charge in [-0.3, -0.25) is 0 Å². The van der Waals surface area contributed by atoms with Crippen LogP contribution in [0.2, 0.25) is 0 Å². The van der Waals surface area contributed by atoms with Crippen LogP contribution in [-0.2, 0) is 14.8 Å². The van der Waals surface area contributed by atoms with E-state index in [4.69, 9.17) is 4.74 Å². The Bertz CT molecular complexity index is 765. The Labute approximate surface area is 159 Å². The van der Waals surface area contributed by atoms with Gasteiger partial charge in [-0.1, -0.05) is 6.08 Å². The first-order valence-electron chi connectivity index (χ1n) is 8.71. The minimum absolute atomic E-state index is 0.0592. The van der Waals surface area contributed by atoms with E-state index in [9.17, 15) is 17.6 Å². The number of halogens is 1. The number of nitrogens with one attached hydrogen (secondary N) is 1. The van der Waals surface area contributed by atoms with Gasteiger partial charge < -0.3 is 15.0 Å². The first-order chi connectivity index (χ1) is 12.6. The molecule has 1 amide bonds. The molecular weight excluding hydrogens is 373 g/mol. The zero-order chi connectivity index (χ0) is 20.1. The third kappa shape index (κ3) is 6.84. The number of sulfonamides is 1. The highest BCUT2D eigenvalue weighted by molar-refractivity contribution is 7.92. The minimum Gasteiger partial charge on any atom is -0.444 e. The molecule has 0 aromatic heterocycles. The fraction of sp³-hybridized carbons (Fsp3) is 0.500. The van der Waals surface area contributed by atoms with Gasteiger partial charge in [-0.05, 0) is 45.0 Å². The molecule has 1 saturated heterocycles. The topological polar surface area (TPSA) is 78.9 Å². The van der Waals surface area contributed by atoms with Crippen LogP contribution < -0.4 is 10.2 Å². The highest BCUT2D eigenvalue weighted by atomic mass is 32.2. The van der Waals surface area contributed by atoms with Gasteiger partial charge in [0, 0.05) is 43.8 Å². The van der Waals surface area contributed by atoms with Crippen molar-refractivity contribution in [1.82, 2.24) is 9.62 Å². The van der Waals surface area contributed by atoms with Crippen LogP contribution in [0.5, 0.6) is 0 Å². The van der Waals surface area contributed by atoms with Crippen molar-refractivity contribution in [1.29, 1.82) is 0 Å². The third-order valence-corrected chi connectivity index (χ3v) is 5.44. The lowest BCUT2D eigenvalue weighted by molar-refractivity contribution is 0.0534. The predicted octanol–water partition coefficient (Wildman–Crippen LogP) is 2.32. The molecule has 1 aliphatic rings. The van der Waals surface area contributed by atoms with Crippen molar-refractivity contribution in [2.75, 3.05) is 37.6 Å². The predicted molar refractivity (Wildman–Crippen MR) is 102 cm³/mol. The molecular formula is C18H26FN3O4S. The summed E-state index contributed by atoms with van der Waals surface area (Å²) in [6, 6.07) is 6.14. The molecule has 27 heavy (non-hydrogen) atoms. The van der Waals surface area contributed by atoms with Crippen molar-refractivity contribution in [3.8, 4) is 0 Å². The van der Waals surface area contributed by atoms with Crippen LogP contribution in [0.25, 0.3) is 0 Å². The molecule has 1 aromatic carbocycles. The van der Waals surface area contributed by atoms with Gasteiger partial charge in [0.15, 0.2) is 0 Å². The molecule has 0 aliphatic carbocycles. The first kappa shape index (κ1) is 21.2. The summed E-state index contributed by atoms with van der Waals surface area (Å²) >= 11 is 0. The summed E-state index contributed by atoms with van der Waals surface area (Å²) in [5.41, 5.74) is 0.259. The van der Waals surface area contributed by atoms with E-state index in [0.29, 0.717) is 26.2 Å². The number of alkyl carbamates (subject to hydrolysis) is 1. The van der Waals surface area contributed by atoms with Gasteiger partial charge >= 0.3 is 6.09 Å². The number of carbonyl (C=O) groups is 1. The summed E-state index contributed by atoms with van der Waals surface area (Å²) in [7, 11) is -3.55. The van der Waals surface area contributed by atoms with Gasteiger partial charge in [0.2, 0.25) is 10.0 Å².